The molecule has 0 saturated carbocycles. The van der Waals surface area contributed by atoms with Crippen molar-refractivity contribution in [2.75, 3.05) is 0 Å². The monoisotopic (exact) mass is 232 g/mol. The average Bonchev–Trinajstić information content (AvgIpc) is 1.75. The van der Waals surface area contributed by atoms with Crippen LogP contribution in [0.15, 0.2) is 0 Å². The Morgan fingerprint density at radius 2 is 1.40 bits per heavy atom. The van der Waals surface area contributed by atoms with Crippen molar-refractivity contribution in [3.8, 4) is 0 Å². The molecule has 0 aromatic rings. The topological polar surface area (TPSA) is 35.5 Å². The number of hydrogen-bond donors (Lipinski definition) is 0. The molecule has 15 heavy (non-hydrogen) atoms. The first kappa shape index (κ1) is 14.5. The maximum absolute atomic E-state index is 11.5. The minimum atomic E-state index is -2.04. The second-order valence-electron chi connectivity index (χ2n) is 6.33. The Morgan fingerprint density at radius 3 is 1.67 bits per heavy atom. The Hall–Kier alpha value is -0.513. The van der Waals surface area contributed by atoms with Crippen LogP contribution in [0, 0.1) is 0 Å². The van der Waals surface area contributed by atoms with Crippen molar-refractivity contribution in [3.05, 3.63) is 0 Å². The summed E-state index contributed by atoms with van der Waals surface area (Å²) in [6.07, 6.45) is -0.547. The van der Waals surface area contributed by atoms with Crippen LogP contribution in [0.3, 0.4) is 0 Å². The van der Waals surface area contributed by atoms with Crippen LogP contribution in [0.25, 0.3) is 0 Å². The van der Waals surface area contributed by atoms with E-state index < -0.39 is 20.1 Å². The van der Waals surface area contributed by atoms with E-state index in [0.717, 1.165) is 0 Å². The zero-order valence-electron chi connectivity index (χ0n) is 11.2. The van der Waals surface area contributed by atoms with Gasteiger partial charge >= 0.3 is 6.16 Å². The Kier molecular flexibility index (Phi) is 4.02. The zero-order valence-corrected chi connectivity index (χ0v) is 12.2. The Labute approximate surface area is 94.3 Å². The molecule has 0 spiro atoms. The molecular weight excluding hydrogens is 208 g/mol. The first-order valence-corrected chi connectivity index (χ1v) is 8.18. The summed E-state index contributed by atoms with van der Waals surface area (Å²) in [4.78, 5) is 11.5. The van der Waals surface area contributed by atoms with Crippen molar-refractivity contribution >= 4 is 14.5 Å². The molecule has 90 valence electrons. The van der Waals surface area contributed by atoms with Crippen LogP contribution in [-0.4, -0.2) is 20.1 Å². The highest BCUT2D eigenvalue weighted by Crippen LogP contribution is 2.36. The molecule has 0 fully saturated rings. The summed E-state index contributed by atoms with van der Waals surface area (Å²) in [6, 6.07) is 0. The van der Waals surface area contributed by atoms with Gasteiger partial charge in [-0.05, 0) is 38.9 Å². The molecule has 0 aromatic heterocycles. The van der Waals surface area contributed by atoms with E-state index in [1.807, 2.05) is 33.9 Å². The van der Waals surface area contributed by atoms with Gasteiger partial charge < -0.3 is 9.16 Å². The lowest BCUT2D eigenvalue weighted by molar-refractivity contribution is 0.0177. The van der Waals surface area contributed by atoms with E-state index in [1.165, 1.54) is 0 Å². The number of carbonyl (C=O) groups is 1. The lowest BCUT2D eigenvalue weighted by Gasteiger charge is -2.35. The fourth-order valence-electron chi connectivity index (χ4n) is 0.632. The molecule has 0 aliphatic carbocycles. The number of rotatable bonds is 1. The lowest BCUT2D eigenvalue weighted by atomic mass is 10.2. The zero-order chi connectivity index (χ0) is 12.5. The average molecular weight is 232 g/mol. The maximum atomic E-state index is 11.5. The molecule has 0 unspecified atom stereocenters. The summed E-state index contributed by atoms with van der Waals surface area (Å²) in [6.45, 7) is 15.8. The fourth-order valence-corrected chi connectivity index (χ4v) is 1.40. The normalized spacial score (nSPS) is 13.6. The molecule has 0 aromatic carbocycles. The van der Waals surface area contributed by atoms with Crippen LogP contribution < -0.4 is 0 Å². The van der Waals surface area contributed by atoms with Crippen molar-refractivity contribution in [1.82, 2.24) is 0 Å². The molecule has 3 nitrogen and oxygen atoms in total. The highest BCUT2D eigenvalue weighted by Gasteiger charge is 2.41. The van der Waals surface area contributed by atoms with Gasteiger partial charge in [0.1, 0.15) is 5.60 Å². The Morgan fingerprint density at radius 1 is 1.00 bits per heavy atom. The fraction of sp³-hybridized carbons (Fsp3) is 0.909. The molecule has 0 amide bonds. The van der Waals surface area contributed by atoms with Crippen molar-refractivity contribution in [3.63, 3.8) is 0 Å². The van der Waals surface area contributed by atoms with Gasteiger partial charge in [-0.3, -0.25) is 0 Å². The van der Waals surface area contributed by atoms with Gasteiger partial charge in [0.15, 0.2) is 0 Å². The molecule has 0 atom stereocenters. The van der Waals surface area contributed by atoms with Gasteiger partial charge in [0.2, 0.25) is 0 Å². The molecular formula is C11H24O3Si. The second-order valence-corrected chi connectivity index (χ2v) is 11.1. The molecule has 0 rings (SSSR count). The molecule has 0 aliphatic heterocycles. The molecule has 0 heterocycles. The Balaban J connectivity index is 4.43. The van der Waals surface area contributed by atoms with Crippen molar-refractivity contribution in [2.24, 2.45) is 0 Å². The molecule has 4 heteroatoms. The maximum Gasteiger partial charge on any atom is 0.494 e. The van der Waals surface area contributed by atoms with Gasteiger partial charge in [-0.2, -0.15) is 0 Å². The third-order valence-corrected chi connectivity index (χ3v) is 6.82. The van der Waals surface area contributed by atoms with Crippen molar-refractivity contribution in [2.45, 2.75) is 65.3 Å². The van der Waals surface area contributed by atoms with E-state index in [2.05, 4.69) is 20.8 Å². The van der Waals surface area contributed by atoms with Gasteiger partial charge in [0.05, 0.1) is 0 Å². The van der Waals surface area contributed by atoms with Gasteiger partial charge in [-0.1, -0.05) is 20.8 Å². The summed E-state index contributed by atoms with van der Waals surface area (Å²) in [7, 11) is -2.04. The van der Waals surface area contributed by atoms with Crippen LogP contribution in [0.1, 0.15) is 41.5 Å². The first-order chi connectivity index (χ1) is 6.35. The Bertz CT molecular complexity index is 233. The number of carbonyl (C=O) groups excluding carboxylic acids is 1. The van der Waals surface area contributed by atoms with Crippen LogP contribution in [0.4, 0.5) is 4.79 Å². The molecule has 0 aliphatic rings. The van der Waals surface area contributed by atoms with Gasteiger partial charge in [-0.25, -0.2) is 4.79 Å². The van der Waals surface area contributed by atoms with E-state index in [1.54, 1.807) is 0 Å². The molecule has 0 radical (unpaired) electrons. The van der Waals surface area contributed by atoms with Crippen LogP contribution in [0.2, 0.25) is 18.1 Å². The largest absolute Gasteiger partial charge is 0.494 e. The van der Waals surface area contributed by atoms with E-state index in [4.69, 9.17) is 9.16 Å². The predicted octanol–water partition coefficient (Wildman–Crippen LogP) is 3.94. The SMILES string of the molecule is CC(C)(C)OC(=O)O[Si](C)(C)C(C)(C)C. The standard InChI is InChI=1S/C11H24O3Si/c1-10(2,3)13-9(12)14-15(7,8)11(4,5)6/h1-8H3. The minimum absolute atomic E-state index is 0.0178. The third kappa shape index (κ3) is 5.21. The summed E-state index contributed by atoms with van der Waals surface area (Å²) in [5, 5.41) is 0.0178. The van der Waals surface area contributed by atoms with Crippen LogP contribution in [-0.2, 0) is 9.16 Å². The van der Waals surface area contributed by atoms with E-state index in [9.17, 15) is 4.79 Å². The van der Waals surface area contributed by atoms with Crippen molar-refractivity contribution in [1.29, 1.82) is 0 Å². The van der Waals surface area contributed by atoms with Crippen LogP contribution in [0.5, 0.6) is 0 Å². The molecule has 0 bridgehead atoms. The van der Waals surface area contributed by atoms with Gasteiger partial charge in [0.25, 0.3) is 8.32 Å². The molecule has 0 N–H and O–H groups in total. The van der Waals surface area contributed by atoms with Crippen LogP contribution >= 0.6 is 0 Å². The number of ether oxygens (including phenoxy) is 1. The second kappa shape index (κ2) is 4.16. The highest BCUT2D eigenvalue weighted by molar-refractivity contribution is 6.75. The first-order valence-electron chi connectivity index (χ1n) is 5.27. The van der Waals surface area contributed by atoms with Gasteiger partial charge in [0, 0.05) is 0 Å². The predicted molar refractivity (Wildman–Crippen MR) is 64.5 cm³/mol. The highest BCUT2D eigenvalue weighted by atomic mass is 28.4. The van der Waals surface area contributed by atoms with E-state index >= 15 is 0 Å². The smallest absolute Gasteiger partial charge is 0.489 e. The van der Waals surface area contributed by atoms with E-state index in [-0.39, 0.29) is 5.04 Å². The summed E-state index contributed by atoms with van der Waals surface area (Å²) < 4.78 is 10.6. The summed E-state index contributed by atoms with van der Waals surface area (Å²) in [5.74, 6) is 0. The quantitative estimate of drug-likeness (QED) is 0.507. The third-order valence-electron chi connectivity index (χ3n) is 2.53. The number of hydrogen-bond acceptors (Lipinski definition) is 3. The minimum Gasteiger partial charge on any atom is -0.489 e. The summed E-state index contributed by atoms with van der Waals surface area (Å²) in [5.41, 5.74) is -0.487. The van der Waals surface area contributed by atoms with Gasteiger partial charge in [-0.15, -0.1) is 0 Å². The lowest BCUT2D eigenvalue weighted by Crippen LogP contribution is -2.43. The van der Waals surface area contributed by atoms with Crippen molar-refractivity contribution < 1.29 is 14.0 Å². The molecule has 0 saturated heterocycles. The summed E-state index contributed by atoms with van der Waals surface area (Å²) >= 11 is 0. The van der Waals surface area contributed by atoms with E-state index in [0.29, 0.717) is 0 Å².